The van der Waals surface area contributed by atoms with Crippen molar-refractivity contribution in [3.05, 3.63) is 35.9 Å². The molecular weight excluding hydrogens is 236 g/mol. The van der Waals surface area contributed by atoms with Gasteiger partial charge in [0.25, 0.3) is 5.91 Å². The number of piperidine rings is 1. The summed E-state index contributed by atoms with van der Waals surface area (Å²) in [5.41, 5.74) is 0.791. The van der Waals surface area contributed by atoms with Gasteiger partial charge in [0.15, 0.2) is 0 Å². The first-order valence-corrected chi connectivity index (χ1v) is 5.83. The predicted molar refractivity (Wildman–Crippen MR) is 71.7 cm³/mol. The standard InChI is InChI=1S/C13H18N2O.ClH/c1-14-12-8-5-9-15(10-12)13(16)11-6-3-2-4-7-11;/h2-4,6-7,12,14H,5,8-10H2,1H3;1H/t12-;/m0./s1. The van der Waals surface area contributed by atoms with Crippen LogP contribution in [-0.4, -0.2) is 37.0 Å². The molecule has 0 bridgehead atoms. The van der Waals surface area contributed by atoms with Gasteiger partial charge in [-0.25, -0.2) is 0 Å². The zero-order valence-electron chi connectivity index (χ0n) is 10.1. The Bertz CT molecular complexity index is 356. The molecule has 2 rings (SSSR count). The summed E-state index contributed by atoms with van der Waals surface area (Å²) in [4.78, 5) is 14.1. The van der Waals surface area contributed by atoms with Crippen LogP contribution >= 0.6 is 12.4 Å². The molecule has 1 aromatic carbocycles. The highest BCUT2D eigenvalue weighted by atomic mass is 35.5. The number of nitrogens with one attached hydrogen (secondary N) is 1. The molecule has 0 spiro atoms. The first-order chi connectivity index (χ1) is 7.81. The van der Waals surface area contributed by atoms with Crippen molar-refractivity contribution in [2.45, 2.75) is 18.9 Å². The van der Waals surface area contributed by atoms with Crippen molar-refractivity contribution in [1.82, 2.24) is 10.2 Å². The smallest absolute Gasteiger partial charge is 0.253 e. The Morgan fingerprint density at radius 1 is 1.35 bits per heavy atom. The lowest BCUT2D eigenvalue weighted by Gasteiger charge is -2.32. The third kappa shape index (κ3) is 3.45. The normalized spacial score (nSPS) is 19.6. The van der Waals surface area contributed by atoms with E-state index in [0.717, 1.165) is 31.5 Å². The van der Waals surface area contributed by atoms with Crippen molar-refractivity contribution >= 4 is 18.3 Å². The number of carbonyl (C=O) groups is 1. The van der Waals surface area contributed by atoms with Gasteiger partial charge in [-0.3, -0.25) is 4.79 Å². The molecule has 1 aromatic rings. The second-order valence-electron chi connectivity index (χ2n) is 4.25. The van der Waals surface area contributed by atoms with Crippen molar-refractivity contribution in [2.24, 2.45) is 0 Å². The van der Waals surface area contributed by atoms with Crippen LogP contribution in [0.15, 0.2) is 30.3 Å². The number of amides is 1. The Balaban J connectivity index is 0.00000144. The lowest BCUT2D eigenvalue weighted by Crippen LogP contribution is -2.46. The van der Waals surface area contributed by atoms with Crippen molar-refractivity contribution in [1.29, 1.82) is 0 Å². The highest BCUT2D eigenvalue weighted by Gasteiger charge is 2.22. The van der Waals surface area contributed by atoms with Crippen molar-refractivity contribution in [3.8, 4) is 0 Å². The zero-order chi connectivity index (χ0) is 11.4. The first kappa shape index (κ1) is 14.0. The minimum absolute atomic E-state index is 0. The molecule has 1 fully saturated rings. The fourth-order valence-electron chi connectivity index (χ4n) is 2.16. The molecule has 3 nitrogen and oxygen atoms in total. The molecule has 1 amide bonds. The third-order valence-electron chi connectivity index (χ3n) is 3.14. The van der Waals surface area contributed by atoms with Gasteiger partial charge in [-0.1, -0.05) is 18.2 Å². The Kier molecular flexibility index (Phi) is 5.45. The summed E-state index contributed by atoms with van der Waals surface area (Å²) >= 11 is 0. The predicted octanol–water partition coefficient (Wildman–Crippen LogP) is 1.93. The second kappa shape index (κ2) is 6.62. The van der Waals surface area contributed by atoms with Gasteiger partial charge in [0.05, 0.1) is 0 Å². The van der Waals surface area contributed by atoms with Crippen LogP contribution in [0.2, 0.25) is 0 Å². The van der Waals surface area contributed by atoms with E-state index in [9.17, 15) is 4.79 Å². The van der Waals surface area contributed by atoms with Gasteiger partial charge in [0.1, 0.15) is 0 Å². The molecule has 4 heteroatoms. The molecule has 1 atom stereocenters. The van der Waals surface area contributed by atoms with E-state index in [-0.39, 0.29) is 18.3 Å². The molecule has 17 heavy (non-hydrogen) atoms. The lowest BCUT2D eigenvalue weighted by molar-refractivity contribution is 0.0698. The van der Waals surface area contributed by atoms with E-state index in [1.54, 1.807) is 0 Å². The Hall–Kier alpha value is -1.06. The average Bonchev–Trinajstić information content (AvgIpc) is 2.39. The number of halogens is 1. The number of benzene rings is 1. The number of likely N-dealkylation sites (N-methyl/N-ethyl adjacent to an activating group) is 1. The number of carbonyl (C=O) groups excluding carboxylic acids is 1. The van der Waals surface area contributed by atoms with Gasteiger partial charge in [-0.15, -0.1) is 12.4 Å². The monoisotopic (exact) mass is 254 g/mol. The number of hydrogen-bond donors (Lipinski definition) is 1. The van der Waals surface area contributed by atoms with Gasteiger partial charge in [-0.05, 0) is 32.0 Å². The van der Waals surface area contributed by atoms with E-state index in [0.29, 0.717) is 6.04 Å². The maximum atomic E-state index is 12.2. The summed E-state index contributed by atoms with van der Waals surface area (Å²) in [6.45, 7) is 1.70. The third-order valence-corrected chi connectivity index (χ3v) is 3.14. The minimum Gasteiger partial charge on any atom is -0.337 e. The molecule has 0 saturated carbocycles. The molecular formula is C13H19ClN2O. The topological polar surface area (TPSA) is 32.3 Å². The van der Waals surface area contributed by atoms with Gasteiger partial charge in [0.2, 0.25) is 0 Å². The van der Waals surface area contributed by atoms with Gasteiger partial charge in [-0.2, -0.15) is 0 Å². The van der Waals surface area contributed by atoms with Crippen molar-refractivity contribution in [3.63, 3.8) is 0 Å². The quantitative estimate of drug-likeness (QED) is 0.875. The van der Waals surface area contributed by atoms with Crippen LogP contribution in [0.3, 0.4) is 0 Å². The maximum absolute atomic E-state index is 12.2. The number of hydrogen-bond acceptors (Lipinski definition) is 2. The Labute approximate surface area is 109 Å². The number of nitrogens with zero attached hydrogens (tertiary/aromatic N) is 1. The van der Waals surface area contributed by atoms with E-state index in [4.69, 9.17) is 0 Å². The van der Waals surface area contributed by atoms with Gasteiger partial charge >= 0.3 is 0 Å². The summed E-state index contributed by atoms with van der Waals surface area (Å²) in [5.74, 6) is 0.153. The van der Waals surface area contributed by atoms with E-state index in [1.165, 1.54) is 0 Å². The van der Waals surface area contributed by atoms with Crippen molar-refractivity contribution < 1.29 is 4.79 Å². The molecule has 1 N–H and O–H groups in total. The van der Waals surface area contributed by atoms with Crippen LogP contribution < -0.4 is 5.32 Å². The Morgan fingerprint density at radius 2 is 2.06 bits per heavy atom. The molecule has 0 aromatic heterocycles. The van der Waals surface area contributed by atoms with E-state index >= 15 is 0 Å². The lowest BCUT2D eigenvalue weighted by atomic mass is 10.0. The zero-order valence-corrected chi connectivity index (χ0v) is 10.9. The number of rotatable bonds is 2. The summed E-state index contributed by atoms with van der Waals surface area (Å²) < 4.78 is 0. The maximum Gasteiger partial charge on any atom is 0.253 e. The largest absolute Gasteiger partial charge is 0.337 e. The van der Waals surface area contributed by atoms with E-state index in [2.05, 4.69) is 5.32 Å². The van der Waals surface area contributed by atoms with Crippen LogP contribution in [-0.2, 0) is 0 Å². The van der Waals surface area contributed by atoms with Gasteiger partial charge in [0, 0.05) is 24.7 Å². The SMILES string of the molecule is CN[C@H]1CCCN(C(=O)c2ccccc2)C1.Cl. The fraction of sp³-hybridized carbons (Fsp3) is 0.462. The Morgan fingerprint density at radius 3 is 2.71 bits per heavy atom. The van der Waals surface area contributed by atoms with Crippen LogP contribution in [0, 0.1) is 0 Å². The number of likely N-dealkylation sites (tertiary alicyclic amines) is 1. The molecule has 94 valence electrons. The van der Waals surface area contributed by atoms with Gasteiger partial charge < -0.3 is 10.2 Å². The molecule has 1 heterocycles. The molecule has 0 aliphatic carbocycles. The molecule has 1 saturated heterocycles. The summed E-state index contributed by atoms with van der Waals surface area (Å²) in [7, 11) is 1.96. The summed E-state index contributed by atoms with van der Waals surface area (Å²) in [5, 5.41) is 3.25. The van der Waals surface area contributed by atoms with Crippen LogP contribution in [0.25, 0.3) is 0 Å². The minimum atomic E-state index is 0. The summed E-state index contributed by atoms with van der Waals surface area (Å²) in [6, 6.07) is 9.96. The van der Waals surface area contributed by atoms with Crippen molar-refractivity contribution in [2.75, 3.05) is 20.1 Å². The second-order valence-corrected chi connectivity index (χ2v) is 4.25. The molecule has 0 radical (unpaired) electrons. The van der Waals surface area contributed by atoms with Crippen LogP contribution in [0.4, 0.5) is 0 Å². The summed E-state index contributed by atoms with van der Waals surface area (Å²) in [6.07, 6.45) is 2.25. The van der Waals surface area contributed by atoms with Crippen LogP contribution in [0.1, 0.15) is 23.2 Å². The molecule has 1 aliphatic rings. The van der Waals surface area contributed by atoms with E-state index < -0.39 is 0 Å². The molecule has 0 unspecified atom stereocenters. The highest BCUT2D eigenvalue weighted by Crippen LogP contribution is 2.13. The average molecular weight is 255 g/mol. The molecule has 1 aliphatic heterocycles. The van der Waals surface area contributed by atoms with Crippen LogP contribution in [0.5, 0.6) is 0 Å². The fourth-order valence-corrected chi connectivity index (χ4v) is 2.16. The highest BCUT2D eigenvalue weighted by molar-refractivity contribution is 5.94. The van der Waals surface area contributed by atoms with E-state index in [1.807, 2.05) is 42.3 Å². The first-order valence-electron chi connectivity index (χ1n) is 5.83.